The van der Waals surface area contributed by atoms with E-state index in [1.54, 1.807) is 25.3 Å². The maximum Gasteiger partial charge on any atom is 0.398 e. The van der Waals surface area contributed by atoms with E-state index in [1.807, 2.05) is 6.07 Å². The van der Waals surface area contributed by atoms with E-state index >= 15 is 0 Å². The second kappa shape index (κ2) is 7.45. The Labute approximate surface area is 135 Å². The molecule has 0 aromatic carbocycles. The van der Waals surface area contributed by atoms with Crippen molar-refractivity contribution in [3.8, 4) is 0 Å². The smallest absolute Gasteiger partial charge is 0.344 e. The molecular formula is C15H14F3N3OS. The molecule has 2 aromatic heterocycles. The van der Waals surface area contributed by atoms with Gasteiger partial charge in [0.1, 0.15) is 0 Å². The lowest BCUT2D eigenvalue weighted by Gasteiger charge is -2.13. The Morgan fingerprint density at radius 2 is 2.04 bits per heavy atom. The molecule has 8 heteroatoms. The SMILES string of the molecule is C[C@H](NC(=O)c1ccnc(SCC(F)(F)F)c1)c1ccccn1. The molecule has 23 heavy (non-hydrogen) atoms. The predicted molar refractivity (Wildman–Crippen MR) is 81.1 cm³/mol. The van der Waals surface area contributed by atoms with Crippen molar-refractivity contribution in [2.75, 3.05) is 5.75 Å². The van der Waals surface area contributed by atoms with Gasteiger partial charge in [-0.05, 0) is 31.2 Å². The van der Waals surface area contributed by atoms with E-state index in [9.17, 15) is 18.0 Å². The third-order valence-corrected chi connectivity index (χ3v) is 3.85. The van der Waals surface area contributed by atoms with Crippen molar-refractivity contribution < 1.29 is 18.0 Å². The summed E-state index contributed by atoms with van der Waals surface area (Å²) in [6.07, 6.45) is -1.34. The standard InChI is InChI=1S/C15H14F3N3OS/c1-10(12-4-2-3-6-19-12)21-14(22)11-5-7-20-13(8-11)23-9-15(16,17)18/h2-8,10H,9H2,1H3,(H,21,22)/t10-/m0/s1. The number of nitrogens with one attached hydrogen (secondary N) is 1. The van der Waals surface area contributed by atoms with Crippen molar-refractivity contribution in [2.45, 2.75) is 24.2 Å². The minimum Gasteiger partial charge on any atom is -0.344 e. The fourth-order valence-corrected chi connectivity index (χ4v) is 2.43. The number of nitrogens with zero attached hydrogens (tertiary/aromatic N) is 2. The Balaban J connectivity index is 2.02. The number of aromatic nitrogens is 2. The van der Waals surface area contributed by atoms with Crippen LogP contribution < -0.4 is 5.32 Å². The van der Waals surface area contributed by atoms with Crippen molar-refractivity contribution in [3.05, 3.63) is 54.0 Å². The minimum atomic E-state index is -4.28. The van der Waals surface area contributed by atoms with Gasteiger partial charge in [-0.15, -0.1) is 0 Å². The summed E-state index contributed by atoms with van der Waals surface area (Å²) >= 11 is 0.546. The molecule has 2 heterocycles. The lowest BCUT2D eigenvalue weighted by molar-refractivity contribution is -0.105. The van der Waals surface area contributed by atoms with Crippen LogP contribution in [-0.2, 0) is 0 Å². The molecule has 0 aliphatic heterocycles. The summed E-state index contributed by atoms with van der Waals surface area (Å²) in [4.78, 5) is 20.2. The van der Waals surface area contributed by atoms with Crippen LogP contribution in [0.1, 0.15) is 29.0 Å². The van der Waals surface area contributed by atoms with Crippen LogP contribution >= 0.6 is 11.8 Å². The van der Waals surface area contributed by atoms with Gasteiger partial charge in [-0.1, -0.05) is 17.8 Å². The van der Waals surface area contributed by atoms with Gasteiger partial charge in [0.05, 0.1) is 22.5 Å². The third-order valence-electron chi connectivity index (χ3n) is 2.86. The van der Waals surface area contributed by atoms with Gasteiger partial charge in [0.25, 0.3) is 5.91 Å². The number of rotatable bonds is 5. The minimum absolute atomic E-state index is 0.153. The van der Waals surface area contributed by atoms with Gasteiger partial charge in [0, 0.05) is 18.0 Å². The van der Waals surface area contributed by atoms with Crippen LogP contribution in [0.25, 0.3) is 0 Å². The summed E-state index contributed by atoms with van der Waals surface area (Å²) in [5, 5.41) is 2.90. The van der Waals surface area contributed by atoms with Crippen molar-refractivity contribution in [1.29, 1.82) is 0 Å². The van der Waals surface area contributed by atoms with E-state index in [0.29, 0.717) is 17.5 Å². The van der Waals surface area contributed by atoms with Crippen LogP contribution in [0.3, 0.4) is 0 Å². The average molecular weight is 341 g/mol. The quantitative estimate of drug-likeness (QED) is 0.844. The maximum absolute atomic E-state index is 12.2. The Hall–Kier alpha value is -2.09. The molecule has 0 saturated carbocycles. The molecule has 0 bridgehead atoms. The first-order valence-electron chi connectivity index (χ1n) is 6.72. The Kier molecular flexibility index (Phi) is 5.59. The number of alkyl halides is 3. The molecule has 122 valence electrons. The van der Waals surface area contributed by atoms with Gasteiger partial charge in [-0.2, -0.15) is 13.2 Å². The molecule has 1 atom stereocenters. The van der Waals surface area contributed by atoms with E-state index in [2.05, 4.69) is 15.3 Å². The molecule has 4 nitrogen and oxygen atoms in total. The molecule has 0 unspecified atom stereocenters. The Bertz CT molecular complexity index is 665. The first kappa shape index (κ1) is 17.3. The summed E-state index contributed by atoms with van der Waals surface area (Å²) < 4.78 is 36.7. The lowest BCUT2D eigenvalue weighted by Crippen LogP contribution is -2.27. The van der Waals surface area contributed by atoms with E-state index < -0.39 is 11.9 Å². The molecule has 0 saturated heterocycles. The van der Waals surface area contributed by atoms with Gasteiger partial charge >= 0.3 is 6.18 Å². The van der Waals surface area contributed by atoms with Gasteiger partial charge in [0.15, 0.2) is 0 Å². The molecule has 0 spiro atoms. The summed E-state index contributed by atoms with van der Waals surface area (Å²) in [5.41, 5.74) is 0.953. The summed E-state index contributed by atoms with van der Waals surface area (Å²) in [7, 11) is 0. The second-order valence-electron chi connectivity index (χ2n) is 4.74. The number of carbonyl (C=O) groups excluding carboxylic acids is 1. The summed E-state index contributed by atoms with van der Waals surface area (Å²) in [5.74, 6) is -1.44. The molecule has 0 aliphatic carbocycles. The van der Waals surface area contributed by atoms with Crippen LogP contribution in [0, 0.1) is 0 Å². The van der Waals surface area contributed by atoms with Crippen LogP contribution in [-0.4, -0.2) is 27.8 Å². The molecule has 1 N–H and O–H groups in total. The van der Waals surface area contributed by atoms with E-state index in [4.69, 9.17) is 0 Å². The average Bonchev–Trinajstić information content (AvgIpc) is 2.53. The van der Waals surface area contributed by atoms with Crippen LogP contribution in [0.4, 0.5) is 13.2 Å². The number of pyridine rings is 2. The van der Waals surface area contributed by atoms with E-state index in [0.717, 1.165) is 0 Å². The zero-order valence-electron chi connectivity index (χ0n) is 12.2. The molecule has 2 aromatic rings. The zero-order chi connectivity index (χ0) is 16.9. The number of halogens is 3. The first-order chi connectivity index (χ1) is 10.8. The first-order valence-corrected chi connectivity index (χ1v) is 7.71. The van der Waals surface area contributed by atoms with Crippen molar-refractivity contribution in [1.82, 2.24) is 15.3 Å². The molecule has 0 aliphatic rings. The lowest BCUT2D eigenvalue weighted by atomic mass is 10.2. The fraction of sp³-hybridized carbons (Fsp3) is 0.267. The molecule has 1 amide bonds. The number of hydrogen-bond donors (Lipinski definition) is 1. The van der Waals surface area contributed by atoms with Gasteiger partial charge in [0.2, 0.25) is 0 Å². The van der Waals surface area contributed by atoms with Crippen molar-refractivity contribution in [3.63, 3.8) is 0 Å². The van der Waals surface area contributed by atoms with E-state index in [1.165, 1.54) is 18.3 Å². The molecule has 2 rings (SSSR count). The summed E-state index contributed by atoms with van der Waals surface area (Å²) in [6, 6.07) is 7.84. The van der Waals surface area contributed by atoms with Gasteiger partial charge in [-0.25, -0.2) is 4.98 Å². The van der Waals surface area contributed by atoms with Crippen LogP contribution in [0.2, 0.25) is 0 Å². The highest BCUT2D eigenvalue weighted by molar-refractivity contribution is 7.99. The number of carbonyl (C=O) groups is 1. The number of amides is 1. The Morgan fingerprint density at radius 3 is 2.70 bits per heavy atom. The van der Waals surface area contributed by atoms with Gasteiger partial charge in [-0.3, -0.25) is 9.78 Å². The Morgan fingerprint density at radius 1 is 1.26 bits per heavy atom. The molecule has 0 radical (unpaired) electrons. The number of thioether (sulfide) groups is 1. The monoisotopic (exact) mass is 341 g/mol. The normalized spacial score (nSPS) is 12.7. The van der Waals surface area contributed by atoms with Crippen LogP contribution in [0.5, 0.6) is 0 Å². The molecule has 0 fully saturated rings. The van der Waals surface area contributed by atoms with Crippen molar-refractivity contribution >= 4 is 17.7 Å². The predicted octanol–water partition coefficient (Wildman–Crippen LogP) is 3.62. The largest absolute Gasteiger partial charge is 0.398 e. The van der Waals surface area contributed by atoms with Gasteiger partial charge < -0.3 is 5.32 Å². The van der Waals surface area contributed by atoms with Crippen LogP contribution in [0.15, 0.2) is 47.8 Å². The number of hydrogen-bond acceptors (Lipinski definition) is 4. The van der Waals surface area contributed by atoms with E-state index in [-0.39, 0.29) is 22.5 Å². The highest BCUT2D eigenvalue weighted by Gasteiger charge is 2.27. The molecular weight excluding hydrogens is 327 g/mol. The third kappa shape index (κ3) is 5.55. The van der Waals surface area contributed by atoms with Crippen molar-refractivity contribution in [2.24, 2.45) is 0 Å². The highest BCUT2D eigenvalue weighted by atomic mass is 32.2. The fourth-order valence-electron chi connectivity index (χ4n) is 1.77. The highest BCUT2D eigenvalue weighted by Crippen LogP contribution is 2.26. The maximum atomic E-state index is 12.2. The second-order valence-corrected chi connectivity index (χ2v) is 5.73. The summed E-state index contributed by atoms with van der Waals surface area (Å²) in [6.45, 7) is 1.78. The zero-order valence-corrected chi connectivity index (χ0v) is 13.0. The topological polar surface area (TPSA) is 54.9 Å².